The van der Waals surface area contributed by atoms with Crippen LogP contribution in [-0.2, 0) is 5.41 Å². The average Bonchev–Trinajstić information content (AvgIpc) is 2.68. The highest BCUT2D eigenvalue weighted by atomic mass is 35.5. The number of hydrogen-bond acceptors (Lipinski definition) is 2. The number of amides is 1. The Morgan fingerprint density at radius 2 is 1.59 bits per heavy atom. The maximum atomic E-state index is 13.1. The molecule has 0 saturated carbocycles. The van der Waals surface area contributed by atoms with Crippen LogP contribution in [0.3, 0.4) is 0 Å². The van der Waals surface area contributed by atoms with Crippen molar-refractivity contribution in [3.63, 3.8) is 0 Å². The Kier molecular flexibility index (Phi) is 5.66. The van der Waals surface area contributed by atoms with Gasteiger partial charge in [0.25, 0.3) is 5.91 Å². The van der Waals surface area contributed by atoms with Gasteiger partial charge in [0.2, 0.25) is 0 Å². The Morgan fingerprint density at radius 1 is 0.966 bits per heavy atom. The first-order valence-electron chi connectivity index (χ1n) is 8.79. The summed E-state index contributed by atoms with van der Waals surface area (Å²) in [5.41, 5.74) is 0.349. The molecule has 3 nitrogen and oxygen atoms in total. The van der Waals surface area contributed by atoms with E-state index in [1.165, 1.54) is 24.3 Å². The lowest BCUT2D eigenvalue weighted by Crippen LogP contribution is -2.36. The lowest BCUT2D eigenvalue weighted by Gasteiger charge is -2.28. The molecule has 2 aromatic carbocycles. The summed E-state index contributed by atoms with van der Waals surface area (Å²) in [4.78, 5) is 16.7. The highest BCUT2D eigenvalue weighted by Gasteiger charge is 2.48. The number of rotatable bonds is 4. The van der Waals surface area contributed by atoms with E-state index in [4.69, 9.17) is 11.6 Å². The van der Waals surface area contributed by atoms with Crippen LogP contribution in [0.15, 0.2) is 66.9 Å². The van der Waals surface area contributed by atoms with Crippen molar-refractivity contribution < 1.29 is 18.0 Å². The van der Waals surface area contributed by atoms with Gasteiger partial charge in [-0.1, -0.05) is 35.9 Å². The standard InChI is InChI=1S/C22H18ClF3N2O/c1-21(2,22(24,25)26)16-9-11-17(12-10-16)28-20(29)15-7-5-14(6-8-15)19-18(23)4-3-13-27-19/h3-13H,1-2H3,(H,28,29). The van der Waals surface area contributed by atoms with E-state index < -0.39 is 11.6 Å². The fourth-order valence-electron chi connectivity index (χ4n) is 2.71. The fourth-order valence-corrected chi connectivity index (χ4v) is 2.95. The second-order valence-corrected chi connectivity index (χ2v) is 7.47. The van der Waals surface area contributed by atoms with Gasteiger partial charge in [-0.3, -0.25) is 9.78 Å². The summed E-state index contributed by atoms with van der Waals surface area (Å²) in [6.07, 6.45) is -2.73. The zero-order valence-corrected chi connectivity index (χ0v) is 16.5. The fraction of sp³-hybridized carbons (Fsp3) is 0.182. The normalized spacial score (nSPS) is 11.9. The number of pyridine rings is 1. The average molecular weight is 419 g/mol. The van der Waals surface area contributed by atoms with Crippen LogP contribution in [0.5, 0.6) is 0 Å². The molecule has 0 unspecified atom stereocenters. The smallest absolute Gasteiger partial charge is 0.322 e. The molecule has 0 aliphatic carbocycles. The minimum absolute atomic E-state index is 0.125. The van der Waals surface area contributed by atoms with Gasteiger partial charge in [0.15, 0.2) is 0 Å². The molecule has 3 aromatic rings. The molecule has 0 aliphatic rings. The highest BCUT2D eigenvalue weighted by Crippen LogP contribution is 2.40. The number of carbonyl (C=O) groups excluding carboxylic acids is 1. The molecular weight excluding hydrogens is 401 g/mol. The van der Waals surface area contributed by atoms with E-state index in [2.05, 4.69) is 10.3 Å². The second-order valence-electron chi connectivity index (χ2n) is 7.07. The van der Waals surface area contributed by atoms with Gasteiger partial charge < -0.3 is 5.32 Å². The van der Waals surface area contributed by atoms with Crippen molar-refractivity contribution in [1.29, 1.82) is 0 Å². The molecule has 0 fully saturated rings. The van der Waals surface area contributed by atoms with Crippen LogP contribution in [-0.4, -0.2) is 17.1 Å². The van der Waals surface area contributed by atoms with E-state index >= 15 is 0 Å². The first-order chi connectivity index (χ1) is 13.6. The van der Waals surface area contributed by atoms with Gasteiger partial charge in [-0.15, -0.1) is 0 Å². The maximum absolute atomic E-state index is 13.1. The highest BCUT2D eigenvalue weighted by molar-refractivity contribution is 6.33. The van der Waals surface area contributed by atoms with E-state index in [-0.39, 0.29) is 11.5 Å². The number of aromatic nitrogens is 1. The minimum Gasteiger partial charge on any atom is -0.322 e. The molecule has 3 rings (SSSR count). The van der Waals surface area contributed by atoms with Gasteiger partial charge >= 0.3 is 6.18 Å². The Morgan fingerprint density at radius 3 is 2.14 bits per heavy atom. The zero-order chi connectivity index (χ0) is 21.2. The molecule has 0 aliphatic heterocycles. The number of carbonyl (C=O) groups is 1. The van der Waals surface area contributed by atoms with Crippen LogP contribution in [0.1, 0.15) is 29.8 Å². The Bertz CT molecular complexity index is 1010. The summed E-state index contributed by atoms with van der Waals surface area (Å²) in [7, 11) is 0. The van der Waals surface area contributed by atoms with Crippen LogP contribution < -0.4 is 5.32 Å². The molecule has 0 atom stereocenters. The quantitative estimate of drug-likeness (QED) is 0.525. The number of halogens is 4. The van der Waals surface area contributed by atoms with Gasteiger partial charge in [0, 0.05) is 23.0 Å². The van der Waals surface area contributed by atoms with Crippen molar-refractivity contribution in [2.45, 2.75) is 25.4 Å². The monoisotopic (exact) mass is 418 g/mol. The van der Waals surface area contributed by atoms with Crippen LogP contribution >= 0.6 is 11.6 Å². The number of anilines is 1. The third-order valence-corrected chi connectivity index (χ3v) is 5.06. The number of benzene rings is 2. The second kappa shape index (κ2) is 7.87. The molecule has 150 valence electrons. The molecule has 0 saturated heterocycles. The molecule has 1 N–H and O–H groups in total. The molecule has 1 heterocycles. The van der Waals surface area contributed by atoms with E-state index in [9.17, 15) is 18.0 Å². The number of alkyl halides is 3. The van der Waals surface area contributed by atoms with Crippen LogP contribution in [0.2, 0.25) is 5.02 Å². The predicted octanol–water partition coefficient (Wildman–Crippen LogP) is 6.49. The first kappa shape index (κ1) is 20.9. The summed E-state index contributed by atoms with van der Waals surface area (Å²) < 4.78 is 39.4. The minimum atomic E-state index is -4.37. The summed E-state index contributed by atoms with van der Waals surface area (Å²) in [6.45, 7) is 2.24. The van der Waals surface area contributed by atoms with E-state index in [1.54, 1.807) is 42.6 Å². The number of hydrogen-bond donors (Lipinski definition) is 1. The van der Waals surface area contributed by atoms with Gasteiger partial charge in [-0.2, -0.15) is 13.2 Å². The van der Waals surface area contributed by atoms with Crippen molar-refractivity contribution in [3.05, 3.63) is 83.0 Å². The Labute approximate surface area is 171 Å². The molecule has 0 radical (unpaired) electrons. The number of nitrogens with one attached hydrogen (secondary N) is 1. The van der Waals surface area contributed by atoms with Gasteiger partial charge in [-0.25, -0.2) is 0 Å². The van der Waals surface area contributed by atoms with Crippen molar-refractivity contribution in [2.24, 2.45) is 0 Å². The van der Waals surface area contributed by atoms with Crippen molar-refractivity contribution >= 4 is 23.2 Å². The summed E-state index contributed by atoms with van der Waals surface area (Å²) in [6, 6.07) is 15.9. The summed E-state index contributed by atoms with van der Waals surface area (Å²) in [5, 5.41) is 3.19. The molecule has 1 aromatic heterocycles. The van der Waals surface area contributed by atoms with Gasteiger partial charge in [0.05, 0.1) is 16.1 Å². The molecule has 7 heteroatoms. The first-order valence-corrected chi connectivity index (χ1v) is 9.17. The Hall–Kier alpha value is -2.86. The molecule has 0 spiro atoms. The van der Waals surface area contributed by atoms with E-state index in [1.807, 2.05) is 0 Å². The van der Waals surface area contributed by atoms with Crippen molar-refractivity contribution in [1.82, 2.24) is 4.98 Å². The van der Waals surface area contributed by atoms with Gasteiger partial charge in [0.1, 0.15) is 0 Å². The molecule has 0 bridgehead atoms. The Balaban J connectivity index is 1.73. The summed E-state index contributed by atoms with van der Waals surface area (Å²) >= 11 is 6.13. The van der Waals surface area contributed by atoms with Crippen LogP contribution in [0, 0.1) is 0 Å². The van der Waals surface area contributed by atoms with Gasteiger partial charge in [-0.05, 0) is 55.8 Å². The van der Waals surface area contributed by atoms with Crippen molar-refractivity contribution in [2.75, 3.05) is 5.32 Å². The molecule has 29 heavy (non-hydrogen) atoms. The third kappa shape index (κ3) is 4.43. The molecule has 1 amide bonds. The SMILES string of the molecule is CC(C)(c1ccc(NC(=O)c2ccc(-c3ncccc3Cl)cc2)cc1)C(F)(F)F. The van der Waals surface area contributed by atoms with E-state index in [0.717, 1.165) is 19.4 Å². The molecular formula is C22H18ClF3N2O. The van der Waals surface area contributed by atoms with Crippen molar-refractivity contribution in [3.8, 4) is 11.3 Å². The summed E-state index contributed by atoms with van der Waals surface area (Å²) in [5.74, 6) is -0.369. The van der Waals surface area contributed by atoms with Crippen LogP contribution in [0.4, 0.5) is 18.9 Å². The third-order valence-electron chi connectivity index (χ3n) is 4.75. The largest absolute Gasteiger partial charge is 0.397 e. The topological polar surface area (TPSA) is 42.0 Å². The maximum Gasteiger partial charge on any atom is 0.397 e. The lowest BCUT2D eigenvalue weighted by molar-refractivity contribution is -0.180. The number of nitrogens with zero attached hydrogens (tertiary/aromatic N) is 1. The van der Waals surface area contributed by atoms with Crippen LogP contribution in [0.25, 0.3) is 11.3 Å². The van der Waals surface area contributed by atoms with E-state index in [0.29, 0.717) is 22.0 Å². The zero-order valence-electron chi connectivity index (χ0n) is 15.7. The predicted molar refractivity (Wildman–Crippen MR) is 108 cm³/mol. The lowest BCUT2D eigenvalue weighted by atomic mass is 9.84.